The quantitative estimate of drug-likeness (QED) is 0.772. The molecule has 0 saturated heterocycles. The largest absolute Gasteiger partial charge is 0.459 e. The molecule has 2 heterocycles. The fourth-order valence-corrected chi connectivity index (χ4v) is 1.92. The Kier molecular flexibility index (Phi) is 3.39. The molecule has 1 aromatic carbocycles. The first-order valence-electron chi connectivity index (χ1n) is 5.86. The predicted molar refractivity (Wildman–Crippen MR) is 72.8 cm³/mol. The highest BCUT2D eigenvalue weighted by Crippen LogP contribution is 2.26. The number of benzene rings is 1. The summed E-state index contributed by atoms with van der Waals surface area (Å²) in [6, 6.07) is 8.10. The van der Waals surface area contributed by atoms with E-state index in [0.717, 1.165) is 11.3 Å². The van der Waals surface area contributed by atoms with E-state index in [0.29, 0.717) is 18.3 Å². The number of rotatable bonds is 4. The van der Waals surface area contributed by atoms with Crippen molar-refractivity contribution in [2.75, 3.05) is 5.32 Å². The van der Waals surface area contributed by atoms with E-state index in [4.69, 9.17) is 16.0 Å². The molecule has 3 aromatic rings. The summed E-state index contributed by atoms with van der Waals surface area (Å²) in [7, 11) is 0. The second kappa shape index (κ2) is 5.34. The van der Waals surface area contributed by atoms with E-state index in [1.165, 1.54) is 18.5 Å². The van der Waals surface area contributed by atoms with Crippen LogP contribution in [0.25, 0.3) is 11.3 Å². The van der Waals surface area contributed by atoms with Gasteiger partial charge in [0.05, 0.1) is 11.6 Å². The predicted octanol–water partition coefficient (Wildman–Crippen LogP) is 3.47. The van der Waals surface area contributed by atoms with Crippen LogP contribution >= 0.6 is 11.6 Å². The first kappa shape index (κ1) is 12.7. The summed E-state index contributed by atoms with van der Waals surface area (Å²) in [4.78, 5) is 3.94. The fraction of sp³-hybridized carbons (Fsp3) is 0.0769. The van der Waals surface area contributed by atoms with Gasteiger partial charge in [-0.3, -0.25) is 0 Å². The van der Waals surface area contributed by atoms with Gasteiger partial charge in [0.25, 0.3) is 0 Å². The van der Waals surface area contributed by atoms with E-state index in [9.17, 15) is 4.39 Å². The van der Waals surface area contributed by atoms with Gasteiger partial charge in [-0.25, -0.2) is 14.5 Å². The minimum atomic E-state index is -0.450. The number of hydrogen-bond acceptors (Lipinski definition) is 4. The molecule has 5 nitrogen and oxygen atoms in total. The number of hydrogen-bond donors (Lipinski definition) is 2. The lowest BCUT2D eigenvalue weighted by Crippen LogP contribution is -1.99. The molecule has 0 radical (unpaired) electrons. The van der Waals surface area contributed by atoms with Gasteiger partial charge in [0.15, 0.2) is 0 Å². The molecule has 2 aromatic heterocycles. The summed E-state index contributed by atoms with van der Waals surface area (Å²) in [5.41, 5.74) is 0.724. The van der Waals surface area contributed by atoms with Crippen LogP contribution in [0.5, 0.6) is 0 Å². The van der Waals surface area contributed by atoms with E-state index in [1.54, 1.807) is 12.1 Å². The van der Waals surface area contributed by atoms with Gasteiger partial charge in [0, 0.05) is 5.56 Å². The van der Waals surface area contributed by atoms with Crippen molar-refractivity contribution in [1.82, 2.24) is 15.2 Å². The molecule has 0 fully saturated rings. The van der Waals surface area contributed by atoms with Crippen molar-refractivity contribution >= 4 is 17.5 Å². The zero-order valence-corrected chi connectivity index (χ0v) is 11.0. The Balaban J connectivity index is 1.74. The van der Waals surface area contributed by atoms with Crippen LogP contribution in [0, 0.1) is 5.82 Å². The van der Waals surface area contributed by atoms with E-state index < -0.39 is 5.82 Å². The highest BCUT2D eigenvalue weighted by Gasteiger charge is 2.08. The monoisotopic (exact) mass is 292 g/mol. The van der Waals surface area contributed by atoms with Gasteiger partial charge in [-0.15, -0.1) is 0 Å². The molecule has 3 rings (SSSR count). The van der Waals surface area contributed by atoms with Gasteiger partial charge in [0.1, 0.15) is 23.7 Å². The minimum Gasteiger partial charge on any atom is -0.459 e. The van der Waals surface area contributed by atoms with Gasteiger partial charge in [0.2, 0.25) is 5.95 Å². The smallest absolute Gasteiger partial charge is 0.218 e. The Bertz CT molecular complexity index is 711. The maximum absolute atomic E-state index is 13.1. The maximum Gasteiger partial charge on any atom is 0.218 e. The number of aromatic amines is 1. The molecule has 0 amide bonds. The second-order valence-electron chi connectivity index (χ2n) is 4.08. The van der Waals surface area contributed by atoms with Crippen LogP contribution in [0.4, 0.5) is 10.3 Å². The third-order valence-electron chi connectivity index (χ3n) is 2.71. The van der Waals surface area contributed by atoms with Gasteiger partial charge < -0.3 is 9.73 Å². The van der Waals surface area contributed by atoms with Gasteiger partial charge in [-0.2, -0.15) is 5.10 Å². The lowest BCUT2D eigenvalue weighted by atomic mass is 10.2. The van der Waals surface area contributed by atoms with Crippen LogP contribution in [0.2, 0.25) is 5.02 Å². The van der Waals surface area contributed by atoms with Crippen LogP contribution in [0.3, 0.4) is 0 Å². The van der Waals surface area contributed by atoms with E-state index in [2.05, 4.69) is 20.5 Å². The Morgan fingerprint density at radius 2 is 2.20 bits per heavy atom. The van der Waals surface area contributed by atoms with Crippen molar-refractivity contribution in [3.05, 3.63) is 53.3 Å². The highest BCUT2D eigenvalue weighted by atomic mass is 35.5. The topological polar surface area (TPSA) is 66.7 Å². The number of nitrogens with one attached hydrogen (secondary N) is 2. The Labute approximate surface area is 118 Å². The minimum absolute atomic E-state index is 0.0697. The molecule has 0 aliphatic rings. The Morgan fingerprint density at radius 1 is 1.30 bits per heavy atom. The van der Waals surface area contributed by atoms with Crippen molar-refractivity contribution in [1.29, 1.82) is 0 Å². The van der Waals surface area contributed by atoms with Crippen molar-refractivity contribution in [3.63, 3.8) is 0 Å². The molecule has 0 spiro atoms. The van der Waals surface area contributed by atoms with Gasteiger partial charge in [-0.05, 0) is 30.3 Å². The fourth-order valence-electron chi connectivity index (χ4n) is 1.74. The van der Waals surface area contributed by atoms with E-state index in [-0.39, 0.29) is 5.02 Å². The molecule has 7 heteroatoms. The molecule has 0 atom stereocenters. The molecule has 20 heavy (non-hydrogen) atoms. The Morgan fingerprint density at radius 3 is 2.95 bits per heavy atom. The number of H-pyrrole nitrogens is 1. The molecule has 0 bridgehead atoms. The molecule has 0 unspecified atom stereocenters. The molecule has 0 aliphatic heterocycles. The van der Waals surface area contributed by atoms with Crippen LogP contribution in [-0.4, -0.2) is 15.2 Å². The van der Waals surface area contributed by atoms with Crippen molar-refractivity contribution < 1.29 is 8.81 Å². The van der Waals surface area contributed by atoms with Gasteiger partial charge in [-0.1, -0.05) is 11.6 Å². The number of aromatic nitrogens is 3. The molecule has 0 saturated carbocycles. The zero-order valence-electron chi connectivity index (χ0n) is 10.2. The standard InChI is InChI=1S/C13H10ClFN4O/c14-10-5-8(1-3-11(10)15)12-4-2-9(20-12)6-16-13-17-7-18-19-13/h1-5,7H,6H2,(H2,16,17,18,19). The lowest BCUT2D eigenvalue weighted by Gasteiger charge is -2.00. The SMILES string of the molecule is Fc1ccc(-c2ccc(CNc3ncn[nH]3)o2)cc1Cl. The van der Waals surface area contributed by atoms with Crippen molar-refractivity contribution in [2.45, 2.75) is 6.54 Å². The first-order valence-corrected chi connectivity index (χ1v) is 6.23. The molecule has 102 valence electrons. The second-order valence-corrected chi connectivity index (χ2v) is 4.49. The van der Waals surface area contributed by atoms with Crippen molar-refractivity contribution in [3.8, 4) is 11.3 Å². The van der Waals surface area contributed by atoms with Crippen LogP contribution in [0.15, 0.2) is 41.1 Å². The first-order chi connectivity index (χ1) is 9.72. The highest BCUT2D eigenvalue weighted by molar-refractivity contribution is 6.31. The summed E-state index contributed by atoms with van der Waals surface area (Å²) < 4.78 is 18.8. The van der Waals surface area contributed by atoms with Gasteiger partial charge >= 0.3 is 0 Å². The summed E-state index contributed by atoms with van der Waals surface area (Å²) in [6.07, 6.45) is 1.41. The summed E-state index contributed by atoms with van der Waals surface area (Å²) in [5, 5.41) is 9.50. The third-order valence-corrected chi connectivity index (χ3v) is 3.00. The molecule has 0 aliphatic carbocycles. The van der Waals surface area contributed by atoms with Crippen molar-refractivity contribution in [2.24, 2.45) is 0 Å². The summed E-state index contributed by atoms with van der Waals surface area (Å²) >= 11 is 5.75. The average Bonchev–Trinajstić information content (AvgIpc) is 3.10. The number of nitrogens with zero attached hydrogens (tertiary/aromatic N) is 2. The molecule has 2 N–H and O–H groups in total. The van der Waals surface area contributed by atoms with E-state index in [1.807, 2.05) is 6.07 Å². The maximum atomic E-state index is 13.1. The normalized spacial score (nSPS) is 10.7. The summed E-state index contributed by atoms with van der Waals surface area (Å²) in [5.74, 6) is 1.46. The Hall–Kier alpha value is -2.34. The lowest BCUT2D eigenvalue weighted by molar-refractivity contribution is 0.530. The number of halogens is 2. The van der Waals surface area contributed by atoms with Crippen LogP contribution < -0.4 is 5.32 Å². The third kappa shape index (κ3) is 2.65. The molecular weight excluding hydrogens is 283 g/mol. The van der Waals surface area contributed by atoms with E-state index >= 15 is 0 Å². The average molecular weight is 293 g/mol. The summed E-state index contributed by atoms with van der Waals surface area (Å²) in [6.45, 7) is 0.462. The zero-order chi connectivity index (χ0) is 13.9. The van der Waals surface area contributed by atoms with Crippen LogP contribution in [0.1, 0.15) is 5.76 Å². The van der Waals surface area contributed by atoms with Crippen LogP contribution in [-0.2, 0) is 6.54 Å². The number of anilines is 1. The number of furan rings is 1. The molecular formula is C13H10ClFN4O.